The van der Waals surface area contributed by atoms with Crippen LogP contribution in [0.1, 0.15) is 5.56 Å². The highest BCUT2D eigenvalue weighted by molar-refractivity contribution is 5.85. The van der Waals surface area contributed by atoms with Gasteiger partial charge in [-0.05, 0) is 18.1 Å². The van der Waals surface area contributed by atoms with Crippen molar-refractivity contribution in [3.8, 4) is 0 Å². The van der Waals surface area contributed by atoms with Crippen LogP contribution in [0.25, 0.3) is 10.9 Å². The molecule has 5 heteroatoms. The molecule has 2 aromatic carbocycles. The molecule has 1 aromatic heterocycles. The smallest absolute Gasteiger partial charge is 0.0890 e. The first-order valence-electron chi connectivity index (χ1n) is 7.12. The van der Waals surface area contributed by atoms with Crippen LogP contribution in [0.3, 0.4) is 0 Å². The summed E-state index contributed by atoms with van der Waals surface area (Å²) in [6.45, 7) is 0.404. The van der Waals surface area contributed by atoms with Gasteiger partial charge in [0.15, 0.2) is 0 Å². The predicted molar refractivity (Wildman–Crippen MR) is 91.1 cm³/mol. The fraction of sp³-hybridized carbons (Fsp3) is 0.235. The quantitative estimate of drug-likeness (QED) is 0.759. The van der Waals surface area contributed by atoms with E-state index < -0.39 is 6.10 Å². The van der Waals surface area contributed by atoms with Gasteiger partial charge in [-0.25, -0.2) is 0 Å². The van der Waals surface area contributed by atoms with E-state index in [0.717, 1.165) is 16.5 Å². The van der Waals surface area contributed by atoms with E-state index in [-0.39, 0.29) is 18.4 Å². The second-order valence-electron chi connectivity index (χ2n) is 5.31. The second kappa shape index (κ2) is 7.40. The molecule has 22 heavy (non-hydrogen) atoms. The van der Waals surface area contributed by atoms with Gasteiger partial charge < -0.3 is 10.8 Å². The topological polar surface area (TPSA) is 64.1 Å². The predicted octanol–water partition coefficient (Wildman–Crippen LogP) is 2.39. The van der Waals surface area contributed by atoms with Gasteiger partial charge in [-0.1, -0.05) is 48.5 Å². The standard InChI is InChI=1S/C17H19N3O.ClH/c18-15(10-13-6-2-1-3-7-13)17(21)12-20-16-9-5-4-8-14(16)11-19-20;/h1-9,11,15,17,21H,10,12,18H2;1H/t15-,17+;/m1./s1. The molecule has 0 bridgehead atoms. The number of aliphatic hydroxyl groups is 1. The van der Waals surface area contributed by atoms with Crippen LogP contribution in [0.15, 0.2) is 60.8 Å². The molecule has 0 aliphatic rings. The van der Waals surface area contributed by atoms with Crippen molar-refractivity contribution in [3.05, 3.63) is 66.4 Å². The van der Waals surface area contributed by atoms with E-state index in [9.17, 15) is 5.11 Å². The van der Waals surface area contributed by atoms with Crippen LogP contribution in [0.2, 0.25) is 0 Å². The van der Waals surface area contributed by atoms with E-state index in [1.54, 1.807) is 0 Å². The summed E-state index contributed by atoms with van der Waals surface area (Å²) in [6.07, 6.45) is 1.83. The lowest BCUT2D eigenvalue weighted by Crippen LogP contribution is -2.39. The molecule has 0 aliphatic carbocycles. The molecule has 3 rings (SSSR count). The molecule has 0 amide bonds. The number of benzene rings is 2. The lowest BCUT2D eigenvalue weighted by Gasteiger charge is -2.19. The number of hydrogen-bond donors (Lipinski definition) is 2. The van der Waals surface area contributed by atoms with Gasteiger partial charge in [0.25, 0.3) is 0 Å². The van der Waals surface area contributed by atoms with E-state index in [2.05, 4.69) is 5.10 Å². The fourth-order valence-electron chi connectivity index (χ4n) is 2.51. The van der Waals surface area contributed by atoms with Gasteiger partial charge in [0.2, 0.25) is 0 Å². The Balaban J connectivity index is 0.00000176. The zero-order valence-corrected chi connectivity index (χ0v) is 13.0. The molecular formula is C17H20ClN3O. The van der Waals surface area contributed by atoms with Crippen molar-refractivity contribution in [2.45, 2.75) is 25.1 Å². The van der Waals surface area contributed by atoms with E-state index in [1.165, 1.54) is 0 Å². The largest absolute Gasteiger partial charge is 0.390 e. The molecule has 1 heterocycles. The molecule has 0 radical (unpaired) electrons. The average molecular weight is 318 g/mol. The first kappa shape index (κ1) is 16.5. The third-order valence-electron chi connectivity index (χ3n) is 3.72. The van der Waals surface area contributed by atoms with Crippen LogP contribution >= 0.6 is 12.4 Å². The maximum atomic E-state index is 10.3. The fourth-order valence-corrected chi connectivity index (χ4v) is 2.51. The Bertz CT molecular complexity index is 714. The summed E-state index contributed by atoms with van der Waals surface area (Å²) in [5.74, 6) is 0. The molecule has 0 aliphatic heterocycles. The molecule has 0 saturated carbocycles. The van der Waals surface area contributed by atoms with Gasteiger partial charge in [0.05, 0.1) is 24.4 Å². The lowest BCUT2D eigenvalue weighted by atomic mass is 10.0. The van der Waals surface area contributed by atoms with Crippen molar-refractivity contribution in [2.75, 3.05) is 0 Å². The van der Waals surface area contributed by atoms with Crippen molar-refractivity contribution >= 4 is 23.3 Å². The normalized spacial score (nSPS) is 13.5. The summed E-state index contributed by atoms with van der Waals surface area (Å²) >= 11 is 0. The van der Waals surface area contributed by atoms with E-state index in [1.807, 2.05) is 65.5 Å². The van der Waals surface area contributed by atoms with Crippen LogP contribution in [-0.4, -0.2) is 27.0 Å². The second-order valence-corrected chi connectivity index (χ2v) is 5.31. The lowest BCUT2D eigenvalue weighted by molar-refractivity contribution is 0.122. The minimum absolute atomic E-state index is 0. The van der Waals surface area contributed by atoms with Gasteiger partial charge in [-0.15, -0.1) is 12.4 Å². The zero-order chi connectivity index (χ0) is 14.7. The van der Waals surface area contributed by atoms with Gasteiger partial charge in [-0.2, -0.15) is 5.10 Å². The van der Waals surface area contributed by atoms with Gasteiger partial charge in [-0.3, -0.25) is 4.68 Å². The summed E-state index contributed by atoms with van der Waals surface area (Å²) in [4.78, 5) is 0. The summed E-state index contributed by atoms with van der Waals surface area (Å²) in [5.41, 5.74) is 8.27. The van der Waals surface area contributed by atoms with Crippen molar-refractivity contribution in [3.63, 3.8) is 0 Å². The van der Waals surface area contributed by atoms with Gasteiger partial charge >= 0.3 is 0 Å². The minimum Gasteiger partial charge on any atom is -0.390 e. The Morgan fingerprint density at radius 1 is 1.05 bits per heavy atom. The number of aliphatic hydroxyl groups excluding tert-OH is 1. The van der Waals surface area contributed by atoms with Crippen LogP contribution in [0, 0.1) is 0 Å². The minimum atomic E-state index is -0.631. The number of rotatable bonds is 5. The molecule has 3 N–H and O–H groups in total. The monoisotopic (exact) mass is 317 g/mol. The number of para-hydroxylation sites is 1. The Kier molecular flexibility index (Phi) is 5.55. The number of hydrogen-bond acceptors (Lipinski definition) is 3. The van der Waals surface area contributed by atoms with E-state index in [0.29, 0.717) is 13.0 Å². The Hall–Kier alpha value is -1.88. The van der Waals surface area contributed by atoms with E-state index in [4.69, 9.17) is 5.73 Å². The molecule has 0 spiro atoms. The number of nitrogens with zero attached hydrogens (tertiary/aromatic N) is 2. The third kappa shape index (κ3) is 3.65. The summed E-state index contributed by atoms with van der Waals surface area (Å²) in [6, 6.07) is 17.6. The molecular weight excluding hydrogens is 298 g/mol. The number of nitrogens with two attached hydrogens (primary N) is 1. The van der Waals surface area contributed by atoms with Crippen LogP contribution < -0.4 is 5.73 Å². The molecule has 0 unspecified atom stereocenters. The third-order valence-corrected chi connectivity index (χ3v) is 3.72. The average Bonchev–Trinajstić information content (AvgIpc) is 2.91. The van der Waals surface area contributed by atoms with Crippen LogP contribution in [0.5, 0.6) is 0 Å². The van der Waals surface area contributed by atoms with E-state index >= 15 is 0 Å². The summed E-state index contributed by atoms with van der Waals surface area (Å²) < 4.78 is 1.81. The molecule has 116 valence electrons. The van der Waals surface area contributed by atoms with Crippen LogP contribution in [-0.2, 0) is 13.0 Å². The SMILES string of the molecule is Cl.N[C@H](Cc1ccccc1)[C@@H](O)Cn1ncc2ccccc21. The first-order chi connectivity index (χ1) is 10.2. The van der Waals surface area contributed by atoms with Crippen molar-refractivity contribution in [2.24, 2.45) is 5.73 Å². The maximum absolute atomic E-state index is 10.3. The van der Waals surface area contributed by atoms with Gasteiger partial charge in [0, 0.05) is 11.4 Å². The van der Waals surface area contributed by atoms with Crippen molar-refractivity contribution in [1.82, 2.24) is 9.78 Å². The molecule has 3 aromatic rings. The summed E-state index contributed by atoms with van der Waals surface area (Å²) in [7, 11) is 0. The molecule has 0 fully saturated rings. The molecule has 4 nitrogen and oxygen atoms in total. The zero-order valence-electron chi connectivity index (χ0n) is 12.2. The number of fused-ring (bicyclic) bond motifs is 1. The maximum Gasteiger partial charge on any atom is 0.0890 e. The molecule has 0 saturated heterocycles. The first-order valence-corrected chi connectivity index (χ1v) is 7.12. The molecule has 2 atom stereocenters. The van der Waals surface area contributed by atoms with Crippen molar-refractivity contribution < 1.29 is 5.11 Å². The van der Waals surface area contributed by atoms with Crippen LogP contribution in [0.4, 0.5) is 0 Å². The summed E-state index contributed by atoms with van der Waals surface area (Å²) in [5, 5.41) is 15.7. The number of aromatic nitrogens is 2. The van der Waals surface area contributed by atoms with Crippen molar-refractivity contribution in [1.29, 1.82) is 0 Å². The highest BCUT2D eigenvalue weighted by atomic mass is 35.5. The Morgan fingerprint density at radius 2 is 1.73 bits per heavy atom. The van der Waals surface area contributed by atoms with Gasteiger partial charge in [0.1, 0.15) is 0 Å². The Labute approximate surface area is 136 Å². The highest BCUT2D eigenvalue weighted by Crippen LogP contribution is 2.14. The Morgan fingerprint density at radius 3 is 2.50 bits per heavy atom. The highest BCUT2D eigenvalue weighted by Gasteiger charge is 2.17. The number of halogens is 1.